The molecule has 1 aliphatic rings. The van der Waals surface area contributed by atoms with Gasteiger partial charge in [0.15, 0.2) is 5.65 Å². The number of nitrogens with zero attached hydrogens (tertiary/aromatic N) is 3. The number of pyridine rings is 1. The SMILES string of the molecule is COc1ccc(C=O)cc1-c1n[nH]c2ncc(-c3cccc(C(=O)N4CCOCC4)c3)cc12. The lowest BCUT2D eigenvalue weighted by Crippen LogP contribution is -2.40. The van der Waals surface area contributed by atoms with Crippen molar-refractivity contribution in [2.45, 2.75) is 0 Å². The first-order valence-electron chi connectivity index (χ1n) is 10.6. The molecule has 0 radical (unpaired) electrons. The van der Waals surface area contributed by atoms with Gasteiger partial charge < -0.3 is 14.4 Å². The van der Waals surface area contributed by atoms with Crippen LogP contribution in [0, 0.1) is 0 Å². The van der Waals surface area contributed by atoms with E-state index in [0.29, 0.717) is 60.1 Å². The van der Waals surface area contributed by atoms with Crippen LogP contribution in [0.3, 0.4) is 0 Å². The Morgan fingerprint density at radius 1 is 1.12 bits per heavy atom. The zero-order chi connectivity index (χ0) is 22.8. The standard InChI is InChI=1S/C25H22N4O4/c1-32-22-6-5-16(15-30)11-20(22)23-21-13-19(14-26-24(21)28-27-23)17-3-2-4-18(12-17)25(31)29-7-9-33-10-8-29/h2-6,11-15H,7-10H2,1H3,(H,26,27,28). The number of carbonyl (C=O) groups is 2. The molecule has 0 aliphatic carbocycles. The third-order valence-electron chi connectivity index (χ3n) is 5.77. The number of morpholine rings is 1. The van der Waals surface area contributed by atoms with Crippen LogP contribution in [-0.2, 0) is 4.74 Å². The quantitative estimate of drug-likeness (QED) is 0.475. The Balaban J connectivity index is 1.55. The summed E-state index contributed by atoms with van der Waals surface area (Å²) in [4.78, 5) is 30.6. The van der Waals surface area contributed by atoms with Crippen LogP contribution >= 0.6 is 0 Å². The van der Waals surface area contributed by atoms with Crippen LogP contribution < -0.4 is 4.74 Å². The van der Waals surface area contributed by atoms with Crippen molar-refractivity contribution in [2.24, 2.45) is 0 Å². The molecular weight excluding hydrogens is 420 g/mol. The van der Waals surface area contributed by atoms with Crippen LogP contribution in [0.1, 0.15) is 20.7 Å². The summed E-state index contributed by atoms with van der Waals surface area (Å²) in [5.74, 6) is 0.603. The number of methoxy groups -OCH3 is 1. The first kappa shape index (κ1) is 20.8. The van der Waals surface area contributed by atoms with Gasteiger partial charge in [0, 0.05) is 46.9 Å². The number of aromatic amines is 1. The second-order valence-corrected chi connectivity index (χ2v) is 7.76. The van der Waals surface area contributed by atoms with E-state index in [2.05, 4.69) is 15.2 Å². The normalized spacial score (nSPS) is 13.8. The minimum absolute atomic E-state index is 0.00592. The summed E-state index contributed by atoms with van der Waals surface area (Å²) >= 11 is 0. The second kappa shape index (κ2) is 8.84. The Kier molecular flexibility index (Phi) is 5.58. The average molecular weight is 442 g/mol. The topological polar surface area (TPSA) is 97.4 Å². The summed E-state index contributed by atoms with van der Waals surface area (Å²) in [5.41, 5.74) is 4.84. The average Bonchev–Trinajstić information content (AvgIpc) is 3.31. The summed E-state index contributed by atoms with van der Waals surface area (Å²) in [6.45, 7) is 2.31. The van der Waals surface area contributed by atoms with E-state index < -0.39 is 0 Å². The zero-order valence-corrected chi connectivity index (χ0v) is 18.1. The number of ether oxygens (including phenoxy) is 2. The molecule has 5 rings (SSSR count). The lowest BCUT2D eigenvalue weighted by atomic mass is 10.0. The van der Waals surface area contributed by atoms with Crippen LogP contribution in [0.5, 0.6) is 5.75 Å². The number of rotatable bonds is 5. The van der Waals surface area contributed by atoms with E-state index in [1.54, 1.807) is 31.5 Å². The molecular formula is C25H22N4O4. The number of amides is 1. The molecule has 1 aliphatic heterocycles. The molecule has 1 N–H and O–H groups in total. The van der Waals surface area contributed by atoms with Gasteiger partial charge in [0.25, 0.3) is 5.91 Å². The molecule has 3 heterocycles. The minimum Gasteiger partial charge on any atom is -0.496 e. The molecule has 2 aromatic carbocycles. The van der Waals surface area contributed by atoms with Crippen LogP contribution in [0.15, 0.2) is 54.7 Å². The van der Waals surface area contributed by atoms with Gasteiger partial charge in [0.1, 0.15) is 17.7 Å². The zero-order valence-electron chi connectivity index (χ0n) is 18.1. The molecule has 0 saturated carbocycles. The van der Waals surface area contributed by atoms with Crippen molar-refractivity contribution in [1.82, 2.24) is 20.1 Å². The number of aldehydes is 1. The second-order valence-electron chi connectivity index (χ2n) is 7.76. The Morgan fingerprint density at radius 2 is 1.97 bits per heavy atom. The van der Waals surface area contributed by atoms with Crippen molar-refractivity contribution in [3.8, 4) is 28.1 Å². The summed E-state index contributed by atoms with van der Waals surface area (Å²) < 4.78 is 10.8. The maximum absolute atomic E-state index is 12.9. The van der Waals surface area contributed by atoms with Gasteiger partial charge in [-0.2, -0.15) is 5.10 Å². The highest BCUT2D eigenvalue weighted by Crippen LogP contribution is 2.35. The summed E-state index contributed by atoms with van der Waals surface area (Å²) in [5, 5.41) is 8.17. The molecule has 166 valence electrons. The Hall–Kier alpha value is -4.04. The Bertz CT molecular complexity index is 1340. The smallest absolute Gasteiger partial charge is 0.254 e. The van der Waals surface area contributed by atoms with Gasteiger partial charge in [-0.3, -0.25) is 14.7 Å². The fourth-order valence-electron chi connectivity index (χ4n) is 4.03. The maximum atomic E-state index is 12.9. The first-order chi connectivity index (χ1) is 16.2. The van der Waals surface area contributed by atoms with E-state index in [-0.39, 0.29) is 5.91 Å². The number of carbonyl (C=O) groups excluding carboxylic acids is 2. The Morgan fingerprint density at radius 3 is 2.76 bits per heavy atom. The number of fused-ring (bicyclic) bond motifs is 1. The molecule has 4 aromatic rings. The van der Waals surface area contributed by atoms with Gasteiger partial charge in [0.2, 0.25) is 0 Å². The fourth-order valence-corrected chi connectivity index (χ4v) is 4.03. The monoisotopic (exact) mass is 442 g/mol. The van der Waals surface area contributed by atoms with E-state index in [0.717, 1.165) is 22.8 Å². The number of benzene rings is 2. The number of hydrogen-bond donors (Lipinski definition) is 1. The van der Waals surface area contributed by atoms with Crippen molar-refractivity contribution in [2.75, 3.05) is 33.4 Å². The number of nitrogens with one attached hydrogen (secondary N) is 1. The third kappa shape index (κ3) is 3.96. The molecule has 0 spiro atoms. The highest BCUT2D eigenvalue weighted by Gasteiger charge is 2.19. The van der Waals surface area contributed by atoms with E-state index in [9.17, 15) is 9.59 Å². The molecule has 8 heteroatoms. The van der Waals surface area contributed by atoms with Crippen molar-refractivity contribution in [1.29, 1.82) is 0 Å². The molecule has 1 fully saturated rings. The van der Waals surface area contributed by atoms with Gasteiger partial charge in [-0.1, -0.05) is 12.1 Å². The number of hydrogen-bond acceptors (Lipinski definition) is 6. The maximum Gasteiger partial charge on any atom is 0.254 e. The molecule has 0 unspecified atom stereocenters. The van der Waals surface area contributed by atoms with Gasteiger partial charge in [-0.05, 0) is 42.0 Å². The van der Waals surface area contributed by atoms with Gasteiger partial charge in [0.05, 0.1) is 20.3 Å². The van der Waals surface area contributed by atoms with Crippen molar-refractivity contribution < 1.29 is 19.1 Å². The largest absolute Gasteiger partial charge is 0.496 e. The fraction of sp³-hybridized carbons (Fsp3) is 0.200. The van der Waals surface area contributed by atoms with Crippen LogP contribution in [-0.4, -0.2) is 65.7 Å². The third-order valence-corrected chi connectivity index (χ3v) is 5.77. The summed E-state index contributed by atoms with van der Waals surface area (Å²) in [6.07, 6.45) is 2.54. The van der Waals surface area contributed by atoms with Crippen LogP contribution in [0.4, 0.5) is 0 Å². The molecule has 2 aromatic heterocycles. The lowest BCUT2D eigenvalue weighted by molar-refractivity contribution is 0.0303. The highest BCUT2D eigenvalue weighted by atomic mass is 16.5. The van der Waals surface area contributed by atoms with Crippen molar-refractivity contribution in [3.05, 3.63) is 65.9 Å². The predicted octanol–water partition coefficient (Wildman–Crippen LogP) is 3.59. The predicted molar refractivity (Wildman–Crippen MR) is 123 cm³/mol. The molecule has 1 saturated heterocycles. The summed E-state index contributed by atoms with van der Waals surface area (Å²) in [6, 6.07) is 14.7. The lowest BCUT2D eigenvalue weighted by Gasteiger charge is -2.27. The van der Waals surface area contributed by atoms with E-state index >= 15 is 0 Å². The highest BCUT2D eigenvalue weighted by molar-refractivity contribution is 5.98. The number of H-pyrrole nitrogens is 1. The molecule has 33 heavy (non-hydrogen) atoms. The Labute approximate surface area is 190 Å². The van der Waals surface area contributed by atoms with Crippen molar-refractivity contribution >= 4 is 23.2 Å². The van der Waals surface area contributed by atoms with Crippen LogP contribution in [0.25, 0.3) is 33.4 Å². The van der Waals surface area contributed by atoms with Crippen LogP contribution in [0.2, 0.25) is 0 Å². The molecule has 1 amide bonds. The van der Waals surface area contributed by atoms with Gasteiger partial charge in [-0.25, -0.2) is 4.98 Å². The molecule has 0 bridgehead atoms. The van der Waals surface area contributed by atoms with Gasteiger partial charge >= 0.3 is 0 Å². The minimum atomic E-state index is -0.00592. The number of aromatic nitrogens is 3. The van der Waals surface area contributed by atoms with Gasteiger partial charge in [-0.15, -0.1) is 0 Å². The molecule has 0 atom stereocenters. The van der Waals surface area contributed by atoms with E-state index in [1.807, 2.05) is 35.2 Å². The van der Waals surface area contributed by atoms with E-state index in [1.165, 1.54) is 0 Å². The summed E-state index contributed by atoms with van der Waals surface area (Å²) in [7, 11) is 1.58. The van der Waals surface area contributed by atoms with E-state index in [4.69, 9.17) is 9.47 Å². The van der Waals surface area contributed by atoms with Crippen molar-refractivity contribution in [3.63, 3.8) is 0 Å². The molecule has 8 nitrogen and oxygen atoms in total. The first-order valence-corrected chi connectivity index (χ1v) is 10.6.